The predicted octanol–water partition coefficient (Wildman–Crippen LogP) is 0.923. The predicted molar refractivity (Wildman–Crippen MR) is 56.0 cm³/mol. The van der Waals surface area contributed by atoms with Crippen LogP contribution in [0, 0.1) is 5.82 Å². The van der Waals surface area contributed by atoms with Crippen LogP contribution in [0.4, 0.5) is 4.39 Å². The number of aliphatic hydroxyl groups is 1. The van der Waals surface area contributed by atoms with Crippen LogP contribution in [0.5, 0.6) is 0 Å². The first-order valence-corrected chi connectivity index (χ1v) is 4.84. The van der Waals surface area contributed by atoms with E-state index < -0.39 is 0 Å². The van der Waals surface area contributed by atoms with Crippen molar-refractivity contribution >= 4 is 0 Å². The quantitative estimate of drug-likeness (QED) is 0.738. The summed E-state index contributed by atoms with van der Waals surface area (Å²) >= 11 is 0. The normalized spacial score (nSPS) is 12.7. The minimum atomic E-state index is -0.241. The first-order valence-electron chi connectivity index (χ1n) is 4.84. The fourth-order valence-electron chi connectivity index (χ4n) is 1.24. The molecule has 0 aliphatic rings. The van der Waals surface area contributed by atoms with E-state index in [1.54, 1.807) is 19.2 Å². The Kier molecular flexibility index (Phi) is 5.25. The van der Waals surface area contributed by atoms with Gasteiger partial charge >= 0.3 is 0 Å². The zero-order chi connectivity index (χ0) is 11.1. The largest absolute Gasteiger partial charge is 0.395 e. The molecule has 2 N–H and O–H groups in total. The van der Waals surface area contributed by atoms with E-state index in [4.69, 9.17) is 9.84 Å². The molecule has 0 saturated heterocycles. The highest BCUT2D eigenvalue weighted by Crippen LogP contribution is 2.02. The summed E-state index contributed by atoms with van der Waals surface area (Å²) in [5.41, 5.74) is 0.978. The van der Waals surface area contributed by atoms with Crippen molar-refractivity contribution in [1.29, 1.82) is 0 Å². The molecule has 1 aromatic rings. The number of methoxy groups -OCH3 is 1. The van der Waals surface area contributed by atoms with E-state index >= 15 is 0 Å². The number of aliphatic hydroxyl groups excluding tert-OH is 1. The summed E-state index contributed by atoms with van der Waals surface area (Å²) in [6, 6.07) is 6.18. The molecule has 1 aromatic carbocycles. The van der Waals surface area contributed by atoms with E-state index in [1.807, 2.05) is 0 Å². The van der Waals surface area contributed by atoms with Crippen molar-refractivity contribution in [3.63, 3.8) is 0 Å². The second-order valence-corrected chi connectivity index (χ2v) is 3.34. The van der Waals surface area contributed by atoms with Gasteiger partial charge < -0.3 is 15.2 Å². The van der Waals surface area contributed by atoms with E-state index in [-0.39, 0.29) is 18.5 Å². The van der Waals surface area contributed by atoms with Crippen LogP contribution in [-0.4, -0.2) is 31.5 Å². The standard InChI is InChI=1S/C11H16FNO2/c1-15-8-11(7-14)13-6-9-2-4-10(12)5-3-9/h2-5,11,13-14H,6-8H2,1H3. The molecule has 0 aliphatic carbocycles. The topological polar surface area (TPSA) is 41.5 Å². The van der Waals surface area contributed by atoms with E-state index in [0.29, 0.717) is 13.2 Å². The van der Waals surface area contributed by atoms with Crippen molar-refractivity contribution in [1.82, 2.24) is 5.32 Å². The summed E-state index contributed by atoms with van der Waals surface area (Å²) < 4.78 is 17.5. The molecule has 0 saturated carbocycles. The molecule has 1 unspecified atom stereocenters. The van der Waals surface area contributed by atoms with Gasteiger partial charge in [0, 0.05) is 13.7 Å². The molecule has 0 heterocycles. The molecule has 0 spiro atoms. The van der Waals surface area contributed by atoms with Gasteiger partial charge in [-0.05, 0) is 17.7 Å². The molecular formula is C11H16FNO2. The molecule has 1 rings (SSSR count). The highest BCUT2D eigenvalue weighted by molar-refractivity contribution is 5.15. The van der Waals surface area contributed by atoms with Crippen molar-refractivity contribution in [2.45, 2.75) is 12.6 Å². The molecule has 15 heavy (non-hydrogen) atoms. The highest BCUT2D eigenvalue weighted by atomic mass is 19.1. The van der Waals surface area contributed by atoms with Crippen LogP contribution in [0.2, 0.25) is 0 Å². The maximum atomic E-state index is 12.6. The van der Waals surface area contributed by atoms with E-state index in [0.717, 1.165) is 5.56 Å². The maximum absolute atomic E-state index is 12.6. The van der Waals surface area contributed by atoms with Gasteiger partial charge in [-0.15, -0.1) is 0 Å². The zero-order valence-electron chi connectivity index (χ0n) is 8.74. The molecule has 4 heteroatoms. The summed E-state index contributed by atoms with van der Waals surface area (Å²) in [6.07, 6.45) is 0. The monoisotopic (exact) mass is 213 g/mol. The van der Waals surface area contributed by atoms with Gasteiger partial charge in [-0.1, -0.05) is 12.1 Å². The lowest BCUT2D eigenvalue weighted by Crippen LogP contribution is -2.35. The Labute approximate surface area is 88.9 Å². The molecule has 0 aromatic heterocycles. The Morgan fingerprint density at radius 2 is 2.07 bits per heavy atom. The second-order valence-electron chi connectivity index (χ2n) is 3.34. The number of hydrogen-bond donors (Lipinski definition) is 2. The minimum Gasteiger partial charge on any atom is -0.395 e. The number of nitrogens with one attached hydrogen (secondary N) is 1. The van der Waals surface area contributed by atoms with Gasteiger partial charge in [0.15, 0.2) is 0 Å². The summed E-state index contributed by atoms with van der Waals surface area (Å²) in [4.78, 5) is 0. The van der Waals surface area contributed by atoms with Crippen LogP contribution >= 0.6 is 0 Å². The summed E-state index contributed by atoms with van der Waals surface area (Å²) in [6.45, 7) is 1.07. The van der Waals surface area contributed by atoms with Crippen LogP contribution in [0.1, 0.15) is 5.56 Å². The average Bonchev–Trinajstić information content (AvgIpc) is 2.26. The third kappa shape index (κ3) is 4.38. The molecule has 0 amide bonds. The Hall–Kier alpha value is -0.970. The molecule has 3 nitrogen and oxygen atoms in total. The Balaban J connectivity index is 2.38. The van der Waals surface area contributed by atoms with Gasteiger partial charge in [0.05, 0.1) is 19.3 Å². The fraction of sp³-hybridized carbons (Fsp3) is 0.455. The third-order valence-corrected chi connectivity index (χ3v) is 2.10. The lowest BCUT2D eigenvalue weighted by molar-refractivity contribution is 0.128. The van der Waals surface area contributed by atoms with Crippen LogP contribution in [0.15, 0.2) is 24.3 Å². The molecule has 0 bridgehead atoms. The second kappa shape index (κ2) is 6.50. The minimum absolute atomic E-state index is 0.0229. The first-order chi connectivity index (χ1) is 7.26. The number of hydrogen-bond acceptors (Lipinski definition) is 3. The van der Waals surface area contributed by atoms with Gasteiger partial charge in [-0.3, -0.25) is 0 Å². The van der Waals surface area contributed by atoms with Crippen LogP contribution in [-0.2, 0) is 11.3 Å². The summed E-state index contributed by atoms with van der Waals surface area (Å²) in [7, 11) is 1.59. The van der Waals surface area contributed by atoms with Crippen molar-refractivity contribution in [3.8, 4) is 0 Å². The molecule has 0 aliphatic heterocycles. The fourth-order valence-corrected chi connectivity index (χ4v) is 1.24. The number of benzene rings is 1. The van der Waals surface area contributed by atoms with Gasteiger partial charge in [-0.2, -0.15) is 0 Å². The molecule has 84 valence electrons. The first kappa shape index (κ1) is 12.1. The lowest BCUT2D eigenvalue weighted by Gasteiger charge is -2.14. The highest BCUT2D eigenvalue weighted by Gasteiger charge is 2.05. The SMILES string of the molecule is COCC(CO)NCc1ccc(F)cc1. The van der Waals surface area contributed by atoms with Gasteiger partial charge in [0.1, 0.15) is 5.82 Å². The molecule has 0 fully saturated rings. The van der Waals surface area contributed by atoms with Crippen molar-refractivity contribution in [3.05, 3.63) is 35.6 Å². The average molecular weight is 213 g/mol. The van der Waals surface area contributed by atoms with Gasteiger partial charge in [0.25, 0.3) is 0 Å². The van der Waals surface area contributed by atoms with E-state index in [1.165, 1.54) is 12.1 Å². The maximum Gasteiger partial charge on any atom is 0.123 e. The van der Waals surface area contributed by atoms with E-state index in [2.05, 4.69) is 5.32 Å². The zero-order valence-corrected chi connectivity index (χ0v) is 8.74. The molecule has 0 radical (unpaired) electrons. The summed E-state index contributed by atoms with van der Waals surface area (Å²) in [5.74, 6) is -0.241. The van der Waals surface area contributed by atoms with E-state index in [9.17, 15) is 4.39 Å². The van der Waals surface area contributed by atoms with Crippen LogP contribution in [0.3, 0.4) is 0 Å². The Morgan fingerprint density at radius 3 is 2.60 bits per heavy atom. The summed E-state index contributed by atoms with van der Waals surface area (Å²) in [5, 5.41) is 12.1. The van der Waals surface area contributed by atoms with Crippen molar-refractivity contribution < 1.29 is 14.2 Å². The number of halogens is 1. The van der Waals surface area contributed by atoms with Gasteiger partial charge in [0.2, 0.25) is 0 Å². The molecule has 1 atom stereocenters. The molecular weight excluding hydrogens is 197 g/mol. The van der Waals surface area contributed by atoms with Crippen molar-refractivity contribution in [2.24, 2.45) is 0 Å². The van der Waals surface area contributed by atoms with Crippen LogP contribution < -0.4 is 5.32 Å². The number of rotatable bonds is 6. The Morgan fingerprint density at radius 1 is 1.40 bits per heavy atom. The lowest BCUT2D eigenvalue weighted by atomic mass is 10.2. The van der Waals surface area contributed by atoms with Gasteiger partial charge in [-0.25, -0.2) is 4.39 Å². The third-order valence-electron chi connectivity index (χ3n) is 2.10. The smallest absolute Gasteiger partial charge is 0.123 e. The van der Waals surface area contributed by atoms with Crippen molar-refractivity contribution in [2.75, 3.05) is 20.3 Å². The van der Waals surface area contributed by atoms with Crippen LogP contribution in [0.25, 0.3) is 0 Å². The Bertz CT molecular complexity index is 276. The number of ether oxygens (including phenoxy) is 1.